The van der Waals surface area contributed by atoms with Crippen molar-refractivity contribution in [1.82, 2.24) is 4.31 Å². The predicted molar refractivity (Wildman–Crippen MR) is 115 cm³/mol. The summed E-state index contributed by atoms with van der Waals surface area (Å²) in [5.41, 5.74) is 0.433. The van der Waals surface area contributed by atoms with E-state index in [2.05, 4.69) is 5.32 Å². The molecule has 0 unspecified atom stereocenters. The Morgan fingerprint density at radius 1 is 1.14 bits per heavy atom. The Balaban J connectivity index is 1.79. The van der Waals surface area contributed by atoms with Gasteiger partial charge in [0.1, 0.15) is 10.6 Å². The molecule has 2 aromatic rings. The minimum atomic E-state index is -3.88. The summed E-state index contributed by atoms with van der Waals surface area (Å²) in [6, 6.07) is 9.17. The molecule has 0 aromatic heterocycles. The number of benzene rings is 2. The molecule has 29 heavy (non-hydrogen) atoms. The largest absolute Gasteiger partial charge is 0.495 e. The van der Waals surface area contributed by atoms with E-state index in [9.17, 15) is 13.2 Å². The summed E-state index contributed by atoms with van der Waals surface area (Å²) in [5, 5.41) is 3.59. The van der Waals surface area contributed by atoms with Crippen molar-refractivity contribution in [3.8, 4) is 5.75 Å². The summed E-state index contributed by atoms with van der Waals surface area (Å²) >= 11 is 18.0. The van der Waals surface area contributed by atoms with Crippen LogP contribution < -0.4 is 10.1 Å². The lowest BCUT2D eigenvalue weighted by molar-refractivity contribution is -0.120. The number of anilines is 1. The highest BCUT2D eigenvalue weighted by Gasteiger charge is 2.34. The number of carbonyl (C=O) groups is 1. The van der Waals surface area contributed by atoms with Crippen LogP contribution >= 0.6 is 34.8 Å². The number of ether oxygens (including phenoxy) is 1. The normalized spacial score (nSPS) is 17.7. The lowest BCUT2D eigenvalue weighted by atomic mass is 9.98. The lowest BCUT2D eigenvalue weighted by Gasteiger charge is -2.31. The molecule has 0 saturated carbocycles. The number of sulfonamides is 1. The summed E-state index contributed by atoms with van der Waals surface area (Å²) in [5.74, 6) is -0.364. The molecule has 1 aliphatic heterocycles. The van der Waals surface area contributed by atoms with E-state index in [1.54, 1.807) is 18.2 Å². The van der Waals surface area contributed by atoms with Gasteiger partial charge < -0.3 is 10.1 Å². The van der Waals surface area contributed by atoms with Crippen LogP contribution in [-0.4, -0.2) is 38.8 Å². The molecule has 1 atom stereocenters. The molecule has 0 aliphatic carbocycles. The fourth-order valence-electron chi connectivity index (χ4n) is 3.20. The highest BCUT2D eigenvalue weighted by molar-refractivity contribution is 7.89. The smallest absolute Gasteiger partial charge is 0.244 e. The first-order valence-corrected chi connectivity index (χ1v) is 11.4. The zero-order valence-corrected chi connectivity index (χ0v) is 18.6. The molecule has 10 heteroatoms. The molecule has 0 radical (unpaired) electrons. The van der Waals surface area contributed by atoms with Gasteiger partial charge in [-0.2, -0.15) is 4.31 Å². The van der Waals surface area contributed by atoms with Gasteiger partial charge in [0.15, 0.2) is 0 Å². The summed E-state index contributed by atoms with van der Waals surface area (Å²) < 4.78 is 32.6. The Morgan fingerprint density at radius 3 is 2.55 bits per heavy atom. The third-order valence-electron chi connectivity index (χ3n) is 4.69. The zero-order chi connectivity index (χ0) is 21.2. The number of methoxy groups -OCH3 is 1. The van der Waals surface area contributed by atoms with Crippen LogP contribution in [0.1, 0.15) is 12.8 Å². The summed E-state index contributed by atoms with van der Waals surface area (Å²) in [6.45, 7) is 0.343. The predicted octanol–water partition coefficient (Wildman–Crippen LogP) is 4.69. The number of piperidine rings is 1. The third-order valence-corrected chi connectivity index (χ3v) is 7.50. The molecule has 156 valence electrons. The van der Waals surface area contributed by atoms with E-state index in [0.29, 0.717) is 35.8 Å². The molecule has 1 fully saturated rings. The quantitative estimate of drug-likeness (QED) is 0.677. The second-order valence-electron chi connectivity index (χ2n) is 6.61. The number of halogens is 3. The average molecular weight is 478 g/mol. The van der Waals surface area contributed by atoms with Crippen molar-refractivity contribution in [3.63, 3.8) is 0 Å². The minimum Gasteiger partial charge on any atom is -0.495 e. The summed E-state index contributed by atoms with van der Waals surface area (Å²) in [4.78, 5) is 12.7. The number of hydrogen-bond donors (Lipinski definition) is 1. The van der Waals surface area contributed by atoms with Crippen molar-refractivity contribution in [2.75, 3.05) is 25.5 Å². The van der Waals surface area contributed by atoms with E-state index in [1.807, 2.05) is 0 Å². The fourth-order valence-corrected chi connectivity index (χ4v) is 5.63. The highest BCUT2D eigenvalue weighted by atomic mass is 35.5. The average Bonchev–Trinajstić information content (AvgIpc) is 2.70. The first-order valence-electron chi connectivity index (χ1n) is 8.82. The maximum Gasteiger partial charge on any atom is 0.244 e. The van der Waals surface area contributed by atoms with Crippen LogP contribution in [0.15, 0.2) is 41.3 Å². The van der Waals surface area contributed by atoms with Crippen molar-refractivity contribution in [2.45, 2.75) is 17.7 Å². The molecule has 1 saturated heterocycles. The molecule has 6 nitrogen and oxygen atoms in total. The van der Waals surface area contributed by atoms with Crippen molar-refractivity contribution in [2.24, 2.45) is 5.92 Å². The van der Waals surface area contributed by atoms with Gasteiger partial charge >= 0.3 is 0 Å². The Labute approximate surface area is 184 Å². The first-order chi connectivity index (χ1) is 13.7. The van der Waals surface area contributed by atoms with Gasteiger partial charge in [0, 0.05) is 23.1 Å². The molecular weight excluding hydrogens is 459 g/mol. The molecule has 0 bridgehead atoms. The van der Waals surface area contributed by atoms with Crippen molar-refractivity contribution in [3.05, 3.63) is 51.5 Å². The van der Waals surface area contributed by atoms with Crippen molar-refractivity contribution >= 4 is 56.4 Å². The molecule has 1 aliphatic rings. The van der Waals surface area contributed by atoms with Crippen molar-refractivity contribution < 1.29 is 17.9 Å². The Bertz CT molecular complexity index is 1030. The number of rotatable bonds is 5. The van der Waals surface area contributed by atoms with Crippen LogP contribution in [0.5, 0.6) is 5.75 Å². The molecule has 1 N–H and O–H groups in total. The minimum absolute atomic E-state index is 0.0416. The van der Waals surface area contributed by atoms with Crippen molar-refractivity contribution in [1.29, 1.82) is 0 Å². The summed E-state index contributed by atoms with van der Waals surface area (Å²) in [7, 11) is -2.39. The Kier molecular flexibility index (Phi) is 6.96. The van der Waals surface area contributed by atoms with E-state index in [4.69, 9.17) is 39.5 Å². The van der Waals surface area contributed by atoms with E-state index in [1.165, 1.54) is 29.6 Å². The summed E-state index contributed by atoms with van der Waals surface area (Å²) in [6.07, 6.45) is 1.10. The van der Waals surface area contributed by atoms with E-state index >= 15 is 0 Å². The number of nitrogens with one attached hydrogen (secondary N) is 1. The molecule has 0 spiro atoms. The van der Waals surface area contributed by atoms with Gasteiger partial charge in [-0.3, -0.25) is 4.79 Å². The molecule has 1 heterocycles. The van der Waals surface area contributed by atoms with Gasteiger partial charge in [0.2, 0.25) is 15.9 Å². The van der Waals surface area contributed by atoms with Gasteiger partial charge in [0.05, 0.1) is 23.7 Å². The van der Waals surface area contributed by atoms with E-state index in [-0.39, 0.29) is 27.4 Å². The number of nitrogens with zero attached hydrogens (tertiary/aromatic N) is 1. The Hall–Kier alpha value is -1.51. The SMILES string of the molecule is COc1ccc(Cl)cc1NC(=O)[C@H]1CCCN(S(=O)(=O)c2cc(Cl)ccc2Cl)C1. The standard InChI is InChI=1S/C19H19Cl3N2O4S/c1-28-17-7-5-13(20)9-16(17)23-19(25)12-3-2-8-24(11-12)29(26,27)18-10-14(21)4-6-15(18)22/h4-7,9-10,12H,2-3,8,11H2,1H3,(H,23,25)/t12-/m0/s1. The third kappa shape index (κ3) is 4.98. The number of hydrogen-bond acceptors (Lipinski definition) is 4. The first kappa shape index (κ1) is 22.2. The van der Waals surface area contributed by atoms with Crippen LogP contribution in [-0.2, 0) is 14.8 Å². The van der Waals surface area contributed by atoms with Crippen LogP contribution in [0.2, 0.25) is 15.1 Å². The van der Waals surface area contributed by atoms with Crippen LogP contribution in [0, 0.1) is 5.92 Å². The fraction of sp³-hybridized carbons (Fsp3) is 0.316. The number of carbonyl (C=O) groups excluding carboxylic acids is 1. The molecular formula is C19H19Cl3N2O4S. The van der Waals surface area contributed by atoms with E-state index in [0.717, 1.165) is 0 Å². The highest BCUT2D eigenvalue weighted by Crippen LogP contribution is 2.32. The maximum absolute atomic E-state index is 13.0. The van der Waals surface area contributed by atoms with Crippen LogP contribution in [0.4, 0.5) is 5.69 Å². The molecule has 3 rings (SSSR count). The molecule has 2 aromatic carbocycles. The number of amides is 1. The molecule has 1 amide bonds. The second kappa shape index (κ2) is 9.10. The van der Waals surface area contributed by atoms with Gasteiger partial charge in [-0.15, -0.1) is 0 Å². The van der Waals surface area contributed by atoms with Gasteiger partial charge in [-0.05, 0) is 49.2 Å². The monoisotopic (exact) mass is 476 g/mol. The maximum atomic E-state index is 13.0. The van der Waals surface area contributed by atoms with Gasteiger partial charge in [0.25, 0.3) is 0 Å². The zero-order valence-electron chi connectivity index (χ0n) is 15.5. The second-order valence-corrected chi connectivity index (χ2v) is 9.80. The van der Waals surface area contributed by atoms with Crippen LogP contribution in [0.25, 0.3) is 0 Å². The van der Waals surface area contributed by atoms with Crippen LogP contribution in [0.3, 0.4) is 0 Å². The van der Waals surface area contributed by atoms with Gasteiger partial charge in [-0.1, -0.05) is 34.8 Å². The topological polar surface area (TPSA) is 75.7 Å². The Morgan fingerprint density at radius 2 is 1.83 bits per heavy atom. The lowest BCUT2D eigenvalue weighted by Crippen LogP contribution is -2.43. The van der Waals surface area contributed by atoms with Gasteiger partial charge in [-0.25, -0.2) is 8.42 Å². The van der Waals surface area contributed by atoms with E-state index < -0.39 is 15.9 Å².